The maximum Gasteiger partial charge on any atom is 0.278 e. The minimum absolute atomic E-state index is 0.219. The lowest BCUT2D eigenvalue weighted by Gasteiger charge is -2.09. The average molecular weight is 452 g/mol. The van der Waals surface area contributed by atoms with Crippen molar-refractivity contribution in [2.24, 2.45) is 0 Å². The number of carbonyl (C=O) groups is 1. The highest BCUT2D eigenvalue weighted by atomic mass is 79.9. The van der Waals surface area contributed by atoms with Crippen molar-refractivity contribution in [2.75, 3.05) is 11.9 Å². The first kappa shape index (κ1) is 19.1. The summed E-state index contributed by atoms with van der Waals surface area (Å²) in [5.41, 5.74) is 3.91. The van der Waals surface area contributed by atoms with Gasteiger partial charge in [-0.25, -0.2) is 4.52 Å². The van der Waals surface area contributed by atoms with Gasteiger partial charge in [0.05, 0.1) is 18.5 Å². The SMILES string of the molecule is CCOc1ccc(NC(=O)c2nnc3c(-c4ccc(Br)cc4)cnn3c2C)cc1. The highest BCUT2D eigenvalue weighted by Crippen LogP contribution is 2.25. The summed E-state index contributed by atoms with van der Waals surface area (Å²) in [5.74, 6) is 0.404. The molecule has 0 atom stereocenters. The Balaban J connectivity index is 1.62. The average Bonchev–Trinajstić information content (AvgIpc) is 3.15. The molecular weight excluding hydrogens is 434 g/mol. The predicted octanol–water partition coefficient (Wildman–Crippen LogP) is 4.51. The third-order valence-electron chi connectivity index (χ3n) is 4.44. The lowest BCUT2D eigenvalue weighted by atomic mass is 10.1. The second kappa shape index (κ2) is 8.00. The molecule has 0 aliphatic carbocycles. The van der Waals surface area contributed by atoms with E-state index in [2.05, 4.69) is 36.5 Å². The van der Waals surface area contributed by atoms with Crippen LogP contribution in [0.4, 0.5) is 5.69 Å². The second-order valence-electron chi connectivity index (χ2n) is 6.35. The summed E-state index contributed by atoms with van der Waals surface area (Å²) in [6.45, 7) is 4.31. The fourth-order valence-corrected chi connectivity index (χ4v) is 3.25. The zero-order chi connectivity index (χ0) is 20.4. The van der Waals surface area contributed by atoms with Crippen LogP contribution >= 0.6 is 15.9 Å². The van der Waals surface area contributed by atoms with Crippen molar-refractivity contribution in [1.29, 1.82) is 0 Å². The van der Waals surface area contributed by atoms with E-state index in [1.807, 2.05) is 31.2 Å². The maximum atomic E-state index is 12.7. The van der Waals surface area contributed by atoms with Gasteiger partial charge in [0.2, 0.25) is 0 Å². The monoisotopic (exact) mass is 451 g/mol. The highest BCUT2D eigenvalue weighted by Gasteiger charge is 2.18. The Morgan fingerprint density at radius 3 is 2.52 bits per heavy atom. The molecule has 0 saturated carbocycles. The molecule has 0 aliphatic rings. The van der Waals surface area contributed by atoms with Crippen molar-refractivity contribution in [2.45, 2.75) is 13.8 Å². The zero-order valence-electron chi connectivity index (χ0n) is 15.9. The molecule has 0 aliphatic heterocycles. The summed E-state index contributed by atoms with van der Waals surface area (Å²) in [5, 5.41) is 15.7. The Kier molecular flexibility index (Phi) is 5.26. The van der Waals surface area contributed by atoms with Crippen molar-refractivity contribution in [3.05, 3.63) is 70.6 Å². The number of hydrogen-bond acceptors (Lipinski definition) is 5. The summed E-state index contributed by atoms with van der Waals surface area (Å²) in [6, 6.07) is 15.0. The van der Waals surface area contributed by atoms with Crippen LogP contribution in [0, 0.1) is 6.92 Å². The van der Waals surface area contributed by atoms with Crippen molar-refractivity contribution < 1.29 is 9.53 Å². The quantitative estimate of drug-likeness (QED) is 0.482. The molecule has 8 heteroatoms. The number of hydrogen-bond donors (Lipinski definition) is 1. The van der Waals surface area contributed by atoms with E-state index in [-0.39, 0.29) is 11.6 Å². The number of nitrogens with one attached hydrogen (secondary N) is 1. The van der Waals surface area contributed by atoms with Gasteiger partial charge in [0.15, 0.2) is 11.3 Å². The minimum Gasteiger partial charge on any atom is -0.494 e. The first-order valence-electron chi connectivity index (χ1n) is 9.08. The molecule has 1 N–H and O–H groups in total. The van der Waals surface area contributed by atoms with Gasteiger partial charge < -0.3 is 10.1 Å². The third-order valence-corrected chi connectivity index (χ3v) is 4.97. The van der Waals surface area contributed by atoms with Gasteiger partial charge in [0.25, 0.3) is 5.91 Å². The van der Waals surface area contributed by atoms with Crippen LogP contribution in [-0.2, 0) is 0 Å². The number of nitrogens with zero attached hydrogens (tertiary/aromatic N) is 4. The van der Waals surface area contributed by atoms with Gasteiger partial charge in [0.1, 0.15) is 5.75 Å². The number of fused-ring (bicyclic) bond motifs is 1. The molecule has 0 unspecified atom stereocenters. The Labute approximate surface area is 175 Å². The molecule has 2 aromatic heterocycles. The molecule has 0 radical (unpaired) electrons. The Bertz CT molecular complexity index is 1170. The molecule has 0 fully saturated rings. The second-order valence-corrected chi connectivity index (χ2v) is 7.26. The van der Waals surface area contributed by atoms with Crippen molar-refractivity contribution >= 4 is 33.2 Å². The number of halogens is 1. The fraction of sp³-hybridized carbons (Fsp3) is 0.143. The number of anilines is 1. The zero-order valence-corrected chi connectivity index (χ0v) is 17.5. The van der Waals surface area contributed by atoms with Gasteiger partial charge in [-0.05, 0) is 55.8 Å². The molecule has 29 heavy (non-hydrogen) atoms. The maximum absolute atomic E-state index is 12.7. The first-order valence-corrected chi connectivity index (χ1v) is 9.87. The summed E-state index contributed by atoms with van der Waals surface area (Å²) >= 11 is 3.43. The fourth-order valence-electron chi connectivity index (χ4n) is 2.99. The normalized spacial score (nSPS) is 10.9. The standard InChI is InChI=1S/C21H18BrN5O2/c1-3-29-17-10-8-16(9-11-17)24-21(28)19-13(2)27-20(26-25-19)18(12-23-27)14-4-6-15(22)7-5-14/h4-12H,3H2,1-2H3,(H,24,28). The van der Waals surface area contributed by atoms with Crippen molar-refractivity contribution in [3.8, 4) is 16.9 Å². The molecule has 1 amide bonds. The summed E-state index contributed by atoms with van der Waals surface area (Å²) in [7, 11) is 0. The number of rotatable bonds is 5. The van der Waals surface area contributed by atoms with E-state index in [1.165, 1.54) is 0 Å². The van der Waals surface area contributed by atoms with Crippen LogP contribution in [-0.4, -0.2) is 32.3 Å². The van der Waals surface area contributed by atoms with Gasteiger partial charge in [-0.1, -0.05) is 28.1 Å². The van der Waals surface area contributed by atoms with E-state index in [4.69, 9.17) is 4.74 Å². The molecule has 4 rings (SSSR count). The van der Waals surface area contributed by atoms with E-state index in [1.54, 1.807) is 41.9 Å². The number of benzene rings is 2. The lowest BCUT2D eigenvalue weighted by Crippen LogP contribution is -2.18. The van der Waals surface area contributed by atoms with Crippen molar-refractivity contribution in [1.82, 2.24) is 19.8 Å². The van der Waals surface area contributed by atoms with Crippen LogP contribution in [0.25, 0.3) is 16.8 Å². The number of aromatic nitrogens is 4. The molecular formula is C21H18BrN5O2. The van der Waals surface area contributed by atoms with E-state index >= 15 is 0 Å². The number of carbonyl (C=O) groups excluding carboxylic acids is 1. The smallest absolute Gasteiger partial charge is 0.278 e. The topological polar surface area (TPSA) is 81.4 Å². The predicted molar refractivity (Wildman–Crippen MR) is 114 cm³/mol. The highest BCUT2D eigenvalue weighted by molar-refractivity contribution is 9.10. The Morgan fingerprint density at radius 1 is 1.10 bits per heavy atom. The van der Waals surface area contributed by atoms with Gasteiger partial charge >= 0.3 is 0 Å². The summed E-state index contributed by atoms with van der Waals surface area (Å²) in [6.07, 6.45) is 1.73. The Hall–Kier alpha value is -3.26. The molecule has 2 aromatic carbocycles. The van der Waals surface area contributed by atoms with E-state index in [0.717, 1.165) is 21.3 Å². The molecule has 0 spiro atoms. The molecule has 4 aromatic rings. The molecule has 2 heterocycles. The van der Waals surface area contributed by atoms with Crippen LogP contribution < -0.4 is 10.1 Å². The van der Waals surface area contributed by atoms with Crippen LogP contribution in [0.2, 0.25) is 0 Å². The van der Waals surface area contributed by atoms with Crippen molar-refractivity contribution in [3.63, 3.8) is 0 Å². The van der Waals surface area contributed by atoms with E-state index in [0.29, 0.717) is 23.6 Å². The third kappa shape index (κ3) is 3.84. The van der Waals surface area contributed by atoms with Crippen LogP contribution in [0.15, 0.2) is 59.2 Å². The largest absolute Gasteiger partial charge is 0.494 e. The number of ether oxygens (including phenoxy) is 1. The van der Waals surface area contributed by atoms with Crippen LogP contribution in [0.1, 0.15) is 23.1 Å². The molecule has 0 bridgehead atoms. The van der Waals surface area contributed by atoms with E-state index < -0.39 is 0 Å². The first-order chi connectivity index (χ1) is 14.1. The van der Waals surface area contributed by atoms with E-state index in [9.17, 15) is 4.79 Å². The minimum atomic E-state index is -0.346. The van der Waals surface area contributed by atoms with Gasteiger partial charge in [-0.2, -0.15) is 5.10 Å². The van der Waals surface area contributed by atoms with Gasteiger partial charge in [-0.3, -0.25) is 4.79 Å². The molecule has 0 saturated heterocycles. The van der Waals surface area contributed by atoms with Gasteiger partial charge in [-0.15, -0.1) is 10.2 Å². The molecule has 7 nitrogen and oxygen atoms in total. The van der Waals surface area contributed by atoms with Crippen LogP contribution in [0.5, 0.6) is 5.75 Å². The molecule has 146 valence electrons. The number of aryl methyl sites for hydroxylation is 1. The summed E-state index contributed by atoms with van der Waals surface area (Å²) in [4.78, 5) is 12.7. The lowest BCUT2D eigenvalue weighted by molar-refractivity contribution is 0.102. The van der Waals surface area contributed by atoms with Crippen LogP contribution in [0.3, 0.4) is 0 Å². The Morgan fingerprint density at radius 2 is 1.83 bits per heavy atom. The van der Waals surface area contributed by atoms with Gasteiger partial charge in [0, 0.05) is 15.7 Å². The summed E-state index contributed by atoms with van der Waals surface area (Å²) < 4.78 is 8.04. The number of amides is 1.